The van der Waals surface area contributed by atoms with Crippen LogP contribution in [-0.4, -0.2) is 53.8 Å². The van der Waals surface area contributed by atoms with Crippen molar-refractivity contribution in [3.05, 3.63) is 76.5 Å². The Morgan fingerprint density at radius 1 is 1.21 bits per heavy atom. The maximum atomic E-state index is 12.8. The van der Waals surface area contributed by atoms with E-state index in [9.17, 15) is 14.7 Å². The number of carbonyl (C=O) groups excluding carboxylic acids is 2. The van der Waals surface area contributed by atoms with E-state index in [2.05, 4.69) is 21.1 Å². The van der Waals surface area contributed by atoms with Crippen LogP contribution in [0.3, 0.4) is 0 Å². The van der Waals surface area contributed by atoms with E-state index in [0.717, 1.165) is 18.4 Å². The number of ether oxygens (including phenoxy) is 1. The van der Waals surface area contributed by atoms with Crippen molar-refractivity contribution < 1.29 is 19.4 Å². The molecule has 2 aromatic carbocycles. The summed E-state index contributed by atoms with van der Waals surface area (Å²) in [6.07, 6.45) is 2.64. The number of rotatable bonds is 8. The molecule has 0 spiro atoms. The molecular weight excluding hydrogens is 458 g/mol. The van der Waals surface area contributed by atoms with Crippen LogP contribution in [0.5, 0.6) is 5.75 Å². The lowest BCUT2D eigenvalue weighted by molar-refractivity contribution is -0.129. The van der Waals surface area contributed by atoms with E-state index in [-0.39, 0.29) is 41.0 Å². The van der Waals surface area contributed by atoms with Gasteiger partial charge in [0.15, 0.2) is 5.84 Å². The molecule has 2 heterocycles. The summed E-state index contributed by atoms with van der Waals surface area (Å²) >= 11 is 6.31. The summed E-state index contributed by atoms with van der Waals surface area (Å²) in [5, 5.41) is 24.7. The van der Waals surface area contributed by atoms with Crippen LogP contribution in [0.15, 0.2) is 65.4 Å². The molecule has 1 unspecified atom stereocenters. The number of benzene rings is 2. The summed E-state index contributed by atoms with van der Waals surface area (Å²) in [5.74, 6) is 0.235. The van der Waals surface area contributed by atoms with Crippen LogP contribution in [0.1, 0.15) is 28.8 Å². The zero-order valence-electron chi connectivity index (χ0n) is 18.3. The molecule has 34 heavy (non-hydrogen) atoms. The number of nitrogens with zero attached hydrogens (tertiary/aromatic N) is 2. The highest BCUT2D eigenvalue weighted by Gasteiger charge is 2.42. The van der Waals surface area contributed by atoms with Crippen LogP contribution in [-0.2, 0) is 4.79 Å². The number of fused-ring (bicyclic) bond motifs is 1. The third-order valence-electron chi connectivity index (χ3n) is 6.12. The molecule has 0 bridgehead atoms. The van der Waals surface area contributed by atoms with Crippen LogP contribution in [0, 0.1) is 5.41 Å². The topological polar surface area (TPSA) is 115 Å². The van der Waals surface area contributed by atoms with E-state index in [0.29, 0.717) is 23.8 Å². The number of aliphatic hydroxyl groups is 1. The van der Waals surface area contributed by atoms with Gasteiger partial charge in [-0.15, -0.1) is 5.10 Å². The number of hydrogen-bond acceptors (Lipinski definition) is 7. The summed E-state index contributed by atoms with van der Waals surface area (Å²) in [4.78, 5) is 25.4. The second-order valence-electron chi connectivity index (χ2n) is 8.60. The first-order valence-corrected chi connectivity index (χ1v) is 11.4. The van der Waals surface area contributed by atoms with E-state index in [4.69, 9.17) is 16.3 Å². The molecule has 0 aromatic heterocycles. The van der Waals surface area contributed by atoms with Gasteiger partial charge in [0.05, 0.1) is 22.9 Å². The van der Waals surface area contributed by atoms with Crippen LogP contribution in [0.2, 0.25) is 5.02 Å². The lowest BCUT2D eigenvalue weighted by Crippen LogP contribution is -2.54. The van der Waals surface area contributed by atoms with Crippen molar-refractivity contribution in [1.82, 2.24) is 21.0 Å². The van der Waals surface area contributed by atoms with Crippen molar-refractivity contribution in [2.75, 3.05) is 19.8 Å². The van der Waals surface area contributed by atoms with Crippen LogP contribution < -0.4 is 20.7 Å². The first-order chi connectivity index (χ1) is 16.5. The molecule has 2 aliphatic heterocycles. The van der Waals surface area contributed by atoms with Gasteiger partial charge >= 0.3 is 0 Å². The zero-order chi connectivity index (χ0) is 23.7. The highest BCUT2D eigenvalue weighted by molar-refractivity contribution is 6.34. The second-order valence-corrected chi connectivity index (χ2v) is 9.01. The van der Waals surface area contributed by atoms with Crippen molar-refractivity contribution in [3.8, 4) is 5.75 Å². The molecule has 5 rings (SSSR count). The van der Waals surface area contributed by atoms with E-state index in [1.807, 2.05) is 30.3 Å². The maximum Gasteiger partial charge on any atom is 0.272 e. The third kappa shape index (κ3) is 4.44. The van der Waals surface area contributed by atoms with E-state index < -0.39 is 6.29 Å². The fraction of sp³-hybridized carbons (Fsp3) is 0.292. The molecule has 0 radical (unpaired) electrons. The standard InChI is InChI=1S/C24H24ClN5O4/c25-17-7-4-8-18(20(17)22(33)26-13-24(14-31)9-10-24)34-12-16-11-19(32)30-23(27-16)28-21(29-30)15-5-2-1-3-6-15/h1-8,11,23,27,31H,9-10,12-14H2,(H,26,33)(H,28,29). The van der Waals surface area contributed by atoms with Gasteiger partial charge in [-0.05, 0) is 25.0 Å². The lowest BCUT2D eigenvalue weighted by atomic mass is 10.1. The van der Waals surface area contributed by atoms with Crippen LogP contribution >= 0.6 is 11.6 Å². The van der Waals surface area contributed by atoms with E-state index >= 15 is 0 Å². The SMILES string of the molecule is O=C(NCC1(CO)CC1)c1c(Cl)cccc1OCC1=CC(=O)N2N=C(c3ccccc3)NC2N1. The molecule has 0 saturated heterocycles. The predicted octanol–water partition coefficient (Wildman–Crippen LogP) is 1.79. The maximum absolute atomic E-state index is 12.8. The molecule has 1 atom stereocenters. The van der Waals surface area contributed by atoms with Gasteiger partial charge in [0.1, 0.15) is 12.4 Å². The number of hydrazone groups is 1. The Balaban J connectivity index is 1.24. The van der Waals surface area contributed by atoms with Gasteiger partial charge in [0.25, 0.3) is 11.8 Å². The Morgan fingerprint density at radius 3 is 2.74 bits per heavy atom. The highest BCUT2D eigenvalue weighted by atomic mass is 35.5. The number of nitrogens with one attached hydrogen (secondary N) is 3. The molecule has 10 heteroatoms. The Kier molecular flexibility index (Phi) is 5.89. The lowest BCUT2D eigenvalue weighted by Gasteiger charge is -2.28. The molecule has 1 saturated carbocycles. The summed E-state index contributed by atoms with van der Waals surface area (Å²) in [5.41, 5.74) is 1.39. The molecule has 3 aliphatic rings. The molecule has 2 aromatic rings. The van der Waals surface area contributed by atoms with Crippen molar-refractivity contribution in [2.24, 2.45) is 10.5 Å². The van der Waals surface area contributed by atoms with Gasteiger partial charge in [-0.1, -0.05) is 48.0 Å². The number of amidine groups is 1. The largest absolute Gasteiger partial charge is 0.487 e. The van der Waals surface area contributed by atoms with Crippen LogP contribution in [0.25, 0.3) is 0 Å². The quantitative estimate of drug-likeness (QED) is 0.457. The molecular formula is C24H24ClN5O4. The Labute approximate surface area is 201 Å². The minimum atomic E-state index is -0.540. The molecule has 2 amide bonds. The van der Waals surface area contributed by atoms with Crippen molar-refractivity contribution in [1.29, 1.82) is 0 Å². The van der Waals surface area contributed by atoms with Gasteiger partial charge in [-0.25, -0.2) is 0 Å². The van der Waals surface area contributed by atoms with Gasteiger partial charge in [-0.3, -0.25) is 9.59 Å². The van der Waals surface area contributed by atoms with E-state index in [1.54, 1.807) is 18.2 Å². The summed E-state index contributed by atoms with van der Waals surface area (Å²) in [6, 6.07) is 14.5. The average molecular weight is 482 g/mol. The van der Waals surface area contributed by atoms with Gasteiger partial charge in [-0.2, -0.15) is 5.01 Å². The summed E-state index contributed by atoms with van der Waals surface area (Å²) in [6.45, 7) is 0.440. The average Bonchev–Trinajstić information content (AvgIpc) is 3.51. The van der Waals surface area contributed by atoms with Gasteiger partial charge in [0, 0.05) is 23.6 Å². The van der Waals surface area contributed by atoms with Crippen LogP contribution in [0.4, 0.5) is 0 Å². The zero-order valence-corrected chi connectivity index (χ0v) is 19.0. The number of halogens is 1. The fourth-order valence-corrected chi connectivity index (χ4v) is 4.09. The second kappa shape index (κ2) is 9.00. The smallest absolute Gasteiger partial charge is 0.272 e. The minimum absolute atomic E-state index is 0.0274. The van der Waals surface area contributed by atoms with E-state index in [1.165, 1.54) is 11.1 Å². The first kappa shape index (κ1) is 22.2. The monoisotopic (exact) mass is 481 g/mol. The van der Waals surface area contributed by atoms with Gasteiger partial charge in [0.2, 0.25) is 6.29 Å². The minimum Gasteiger partial charge on any atom is -0.487 e. The third-order valence-corrected chi connectivity index (χ3v) is 6.44. The Hall–Kier alpha value is -3.56. The molecule has 176 valence electrons. The van der Waals surface area contributed by atoms with Gasteiger partial charge < -0.3 is 25.8 Å². The molecule has 9 nitrogen and oxygen atoms in total. The first-order valence-electron chi connectivity index (χ1n) is 11.0. The molecule has 4 N–H and O–H groups in total. The summed E-state index contributed by atoms with van der Waals surface area (Å²) in [7, 11) is 0. The van der Waals surface area contributed by atoms with Crippen molar-refractivity contribution in [3.63, 3.8) is 0 Å². The van der Waals surface area contributed by atoms with Crippen molar-refractivity contribution in [2.45, 2.75) is 19.1 Å². The highest BCUT2D eigenvalue weighted by Crippen LogP contribution is 2.44. The van der Waals surface area contributed by atoms with Crippen molar-refractivity contribution >= 4 is 29.3 Å². The number of hydrogen-bond donors (Lipinski definition) is 4. The normalized spacial score (nSPS) is 19.9. The number of amides is 2. The Morgan fingerprint density at radius 2 is 2.00 bits per heavy atom. The number of carbonyl (C=O) groups is 2. The fourth-order valence-electron chi connectivity index (χ4n) is 3.84. The molecule has 1 aliphatic carbocycles. The summed E-state index contributed by atoms with van der Waals surface area (Å²) < 4.78 is 5.90. The number of aliphatic hydroxyl groups excluding tert-OH is 1. The predicted molar refractivity (Wildman–Crippen MR) is 126 cm³/mol. The molecule has 1 fully saturated rings. The Bertz CT molecular complexity index is 1180.